The summed E-state index contributed by atoms with van der Waals surface area (Å²) < 4.78 is 10.6. The number of rotatable bonds is 6. The summed E-state index contributed by atoms with van der Waals surface area (Å²) >= 11 is 6.01. The Hall–Kier alpha value is -2.86. The molecule has 2 aromatic carbocycles. The summed E-state index contributed by atoms with van der Waals surface area (Å²) in [5.41, 5.74) is 3.45. The van der Waals surface area contributed by atoms with Crippen LogP contribution in [0.3, 0.4) is 0 Å². The highest BCUT2D eigenvalue weighted by atomic mass is 35.5. The van der Waals surface area contributed by atoms with Gasteiger partial charge in [-0.05, 0) is 48.7 Å². The van der Waals surface area contributed by atoms with E-state index in [0.29, 0.717) is 16.3 Å². The minimum Gasteiger partial charge on any atom is -0.493 e. The topological polar surface area (TPSA) is 77.0 Å². The van der Waals surface area contributed by atoms with E-state index in [1.807, 2.05) is 0 Å². The Kier molecular flexibility index (Phi) is 5.53. The first-order valence-electron chi connectivity index (χ1n) is 8.06. The molecule has 0 spiro atoms. The molecule has 3 rings (SSSR count). The largest absolute Gasteiger partial charge is 0.493 e. The molecule has 26 heavy (non-hydrogen) atoms. The van der Waals surface area contributed by atoms with Crippen LogP contribution in [-0.4, -0.2) is 25.2 Å². The van der Waals surface area contributed by atoms with Crippen molar-refractivity contribution in [2.24, 2.45) is 11.0 Å². The van der Waals surface area contributed by atoms with Crippen molar-refractivity contribution in [2.75, 3.05) is 7.11 Å². The number of hydrogen-bond donors (Lipinski definition) is 1. The Bertz CT molecular complexity index is 862. The van der Waals surface area contributed by atoms with Gasteiger partial charge in [-0.3, -0.25) is 4.79 Å². The third-order valence-electron chi connectivity index (χ3n) is 3.82. The molecule has 1 aliphatic rings. The molecule has 2 aromatic rings. The van der Waals surface area contributed by atoms with Gasteiger partial charge >= 0.3 is 5.97 Å². The second-order valence-corrected chi connectivity index (χ2v) is 6.20. The van der Waals surface area contributed by atoms with Gasteiger partial charge in [0.1, 0.15) is 0 Å². The summed E-state index contributed by atoms with van der Waals surface area (Å²) in [6.07, 6.45) is 3.34. The number of carbonyl (C=O) groups is 2. The number of hydrogen-bond acceptors (Lipinski definition) is 5. The van der Waals surface area contributed by atoms with Crippen molar-refractivity contribution < 1.29 is 19.1 Å². The molecule has 1 amide bonds. The summed E-state index contributed by atoms with van der Waals surface area (Å²) in [7, 11) is 1.47. The maximum absolute atomic E-state index is 12.3. The van der Waals surface area contributed by atoms with Gasteiger partial charge in [0.05, 0.1) is 23.9 Å². The van der Waals surface area contributed by atoms with Crippen LogP contribution in [-0.2, 0) is 4.79 Å². The molecule has 1 aliphatic carbocycles. The molecule has 1 fully saturated rings. The second-order valence-electron chi connectivity index (χ2n) is 5.79. The molecular formula is C19H17ClN2O4. The van der Waals surface area contributed by atoms with E-state index < -0.39 is 5.97 Å². The first kappa shape index (κ1) is 17.9. The average Bonchev–Trinajstić information content (AvgIpc) is 3.48. The number of nitrogens with zero attached hydrogens (tertiary/aromatic N) is 1. The molecule has 0 atom stereocenters. The maximum Gasteiger partial charge on any atom is 0.345 e. The number of amides is 1. The van der Waals surface area contributed by atoms with Crippen molar-refractivity contribution >= 4 is 29.7 Å². The lowest BCUT2D eigenvalue weighted by Crippen LogP contribution is -2.18. The van der Waals surface area contributed by atoms with Crippen LogP contribution in [0.4, 0.5) is 0 Å². The van der Waals surface area contributed by atoms with E-state index in [0.717, 1.165) is 12.8 Å². The van der Waals surface area contributed by atoms with Gasteiger partial charge in [-0.2, -0.15) is 5.10 Å². The third kappa shape index (κ3) is 4.40. The number of hydrazone groups is 1. The molecule has 7 heteroatoms. The molecule has 0 heterocycles. The summed E-state index contributed by atoms with van der Waals surface area (Å²) in [5.74, 6) is 0.0678. The van der Waals surface area contributed by atoms with Crippen LogP contribution in [0.15, 0.2) is 47.6 Å². The van der Waals surface area contributed by atoms with Crippen molar-refractivity contribution in [1.29, 1.82) is 0 Å². The van der Waals surface area contributed by atoms with E-state index in [9.17, 15) is 9.59 Å². The Morgan fingerprint density at radius 2 is 1.96 bits per heavy atom. The summed E-state index contributed by atoms with van der Waals surface area (Å²) in [5, 5.41) is 4.23. The Labute approximate surface area is 155 Å². The number of methoxy groups -OCH3 is 1. The van der Waals surface area contributed by atoms with Crippen molar-refractivity contribution in [2.45, 2.75) is 12.8 Å². The third-order valence-corrected chi connectivity index (χ3v) is 4.15. The highest BCUT2D eigenvalue weighted by Crippen LogP contribution is 2.30. The fraction of sp³-hybridized carbons (Fsp3) is 0.211. The lowest BCUT2D eigenvalue weighted by molar-refractivity contribution is -0.122. The van der Waals surface area contributed by atoms with Gasteiger partial charge in [-0.1, -0.05) is 23.7 Å². The van der Waals surface area contributed by atoms with Crippen LogP contribution in [0.2, 0.25) is 5.02 Å². The van der Waals surface area contributed by atoms with Crippen LogP contribution in [0.1, 0.15) is 28.8 Å². The van der Waals surface area contributed by atoms with E-state index in [1.54, 1.807) is 42.5 Å². The molecule has 0 unspecified atom stereocenters. The minimum atomic E-state index is -0.577. The zero-order valence-corrected chi connectivity index (χ0v) is 14.8. The quantitative estimate of drug-likeness (QED) is 0.365. The normalized spacial score (nSPS) is 13.5. The number of halogens is 1. The second kappa shape index (κ2) is 8.01. The fourth-order valence-electron chi connectivity index (χ4n) is 2.24. The van der Waals surface area contributed by atoms with E-state index >= 15 is 0 Å². The van der Waals surface area contributed by atoms with Gasteiger partial charge in [0.15, 0.2) is 11.5 Å². The first-order valence-corrected chi connectivity index (χ1v) is 8.44. The van der Waals surface area contributed by atoms with Gasteiger partial charge in [0.25, 0.3) is 0 Å². The Morgan fingerprint density at radius 1 is 1.19 bits per heavy atom. The monoisotopic (exact) mass is 372 g/mol. The standard InChI is InChI=1S/C19H17ClN2O4/c1-25-17-10-12(11-21-22-18(23)13-7-8-13)6-9-16(17)26-19(24)14-4-2-3-5-15(14)20/h2-6,9-11,13H,7-8H2,1H3,(H,22,23)/b21-11-. The number of esters is 1. The zero-order chi connectivity index (χ0) is 18.5. The van der Waals surface area contributed by atoms with Gasteiger partial charge in [-0.15, -0.1) is 0 Å². The van der Waals surface area contributed by atoms with Crippen molar-refractivity contribution in [3.8, 4) is 11.5 Å². The van der Waals surface area contributed by atoms with E-state index in [-0.39, 0.29) is 23.1 Å². The molecule has 0 radical (unpaired) electrons. The van der Waals surface area contributed by atoms with Crippen LogP contribution in [0, 0.1) is 5.92 Å². The van der Waals surface area contributed by atoms with Crippen LogP contribution < -0.4 is 14.9 Å². The highest BCUT2D eigenvalue weighted by molar-refractivity contribution is 6.33. The molecule has 134 valence electrons. The average molecular weight is 373 g/mol. The number of carbonyl (C=O) groups excluding carboxylic acids is 2. The molecule has 1 N–H and O–H groups in total. The van der Waals surface area contributed by atoms with Crippen molar-refractivity contribution in [3.63, 3.8) is 0 Å². The molecule has 0 aliphatic heterocycles. The summed E-state index contributed by atoms with van der Waals surface area (Å²) in [6.45, 7) is 0. The fourth-order valence-corrected chi connectivity index (χ4v) is 2.45. The van der Waals surface area contributed by atoms with E-state index in [4.69, 9.17) is 21.1 Å². The zero-order valence-electron chi connectivity index (χ0n) is 14.1. The molecular weight excluding hydrogens is 356 g/mol. The van der Waals surface area contributed by atoms with E-state index in [2.05, 4.69) is 10.5 Å². The van der Waals surface area contributed by atoms with Gasteiger partial charge < -0.3 is 9.47 Å². The maximum atomic E-state index is 12.3. The number of benzene rings is 2. The summed E-state index contributed by atoms with van der Waals surface area (Å²) in [4.78, 5) is 23.8. The lowest BCUT2D eigenvalue weighted by atomic mass is 10.2. The van der Waals surface area contributed by atoms with Crippen LogP contribution in [0.5, 0.6) is 11.5 Å². The van der Waals surface area contributed by atoms with Gasteiger partial charge in [0.2, 0.25) is 5.91 Å². The van der Waals surface area contributed by atoms with Gasteiger partial charge in [-0.25, -0.2) is 10.2 Å². The Morgan fingerprint density at radius 3 is 2.65 bits per heavy atom. The summed E-state index contributed by atoms with van der Waals surface area (Å²) in [6, 6.07) is 11.6. The molecule has 6 nitrogen and oxygen atoms in total. The minimum absolute atomic E-state index is 0.0708. The molecule has 0 bridgehead atoms. The lowest BCUT2D eigenvalue weighted by Gasteiger charge is -2.10. The number of ether oxygens (including phenoxy) is 2. The smallest absolute Gasteiger partial charge is 0.345 e. The first-order chi connectivity index (χ1) is 12.6. The molecule has 0 saturated heterocycles. The van der Waals surface area contributed by atoms with Crippen molar-refractivity contribution in [1.82, 2.24) is 5.43 Å². The number of nitrogens with one attached hydrogen (secondary N) is 1. The van der Waals surface area contributed by atoms with E-state index in [1.165, 1.54) is 13.3 Å². The predicted octanol–water partition coefficient (Wildman–Crippen LogP) is 3.43. The van der Waals surface area contributed by atoms with Crippen LogP contribution in [0.25, 0.3) is 0 Å². The SMILES string of the molecule is COc1cc(/C=N\NC(=O)C2CC2)ccc1OC(=O)c1ccccc1Cl. The molecule has 1 saturated carbocycles. The predicted molar refractivity (Wildman–Crippen MR) is 97.9 cm³/mol. The Balaban J connectivity index is 1.70. The highest BCUT2D eigenvalue weighted by Gasteiger charge is 2.29. The van der Waals surface area contributed by atoms with Crippen LogP contribution >= 0.6 is 11.6 Å². The van der Waals surface area contributed by atoms with Crippen molar-refractivity contribution in [3.05, 3.63) is 58.6 Å². The molecule has 0 aromatic heterocycles. The van der Waals surface area contributed by atoms with Gasteiger partial charge in [0, 0.05) is 5.92 Å².